The van der Waals surface area contributed by atoms with Crippen molar-refractivity contribution in [2.75, 3.05) is 26.5 Å². The van der Waals surface area contributed by atoms with Crippen molar-refractivity contribution in [3.63, 3.8) is 0 Å². The maximum Gasteiger partial charge on any atom is 0.251 e. The Bertz CT molecular complexity index is 730. The topological polar surface area (TPSA) is 58.6 Å². The third-order valence-electron chi connectivity index (χ3n) is 3.79. The van der Waals surface area contributed by atoms with Crippen molar-refractivity contribution >= 4 is 23.6 Å². The molecule has 0 atom stereocenters. The number of amides is 2. The molecule has 2 rings (SSSR count). The fourth-order valence-electron chi connectivity index (χ4n) is 2.32. The normalized spacial score (nSPS) is 10.3. The molecule has 0 heterocycles. The van der Waals surface area contributed by atoms with Crippen molar-refractivity contribution in [1.29, 1.82) is 0 Å². The van der Waals surface area contributed by atoms with Crippen LogP contribution in [0.25, 0.3) is 0 Å². The molecule has 0 saturated heterocycles. The van der Waals surface area contributed by atoms with E-state index in [1.165, 1.54) is 11.8 Å². The molecule has 0 unspecified atom stereocenters. The third kappa shape index (κ3) is 5.81. The van der Waals surface area contributed by atoms with Gasteiger partial charge in [-0.25, -0.2) is 0 Å². The molecular weight excluding hydrogens is 348 g/mol. The number of nitrogens with one attached hydrogen (secondary N) is 1. The first-order valence-electron chi connectivity index (χ1n) is 8.44. The van der Waals surface area contributed by atoms with Gasteiger partial charge in [0.2, 0.25) is 5.91 Å². The van der Waals surface area contributed by atoms with Gasteiger partial charge in [-0.2, -0.15) is 0 Å². The fourth-order valence-corrected chi connectivity index (χ4v) is 3.16. The molecule has 0 aliphatic heterocycles. The van der Waals surface area contributed by atoms with E-state index >= 15 is 0 Å². The van der Waals surface area contributed by atoms with E-state index in [1.807, 2.05) is 43.3 Å². The van der Waals surface area contributed by atoms with E-state index in [4.69, 9.17) is 4.74 Å². The first-order valence-corrected chi connectivity index (χ1v) is 9.42. The zero-order valence-corrected chi connectivity index (χ0v) is 16.1. The SMILES string of the molecule is CCOc1ccc(SCC(=O)N(C)Cc2ccc(C(=O)NC)cc2)cc1. The van der Waals surface area contributed by atoms with Gasteiger partial charge in [-0.3, -0.25) is 9.59 Å². The van der Waals surface area contributed by atoms with Gasteiger partial charge in [0, 0.05) is 31.1 Å². The van der Waals surface area contributed by atoms with Crippen LogP contribution in [0.5, 0.6) is 5.75 Å². The minimum atomic E-state index is -0.118. The van der Waals surface area contributed by atoms with Crippen molar-refractivity contribution in [1.82, 2.24) is 10.2 Å². The van der Waals surface area contributed by atoms with Crippen LogP contribution in [0.4, 0.5) is 0 Å². The molecule has 6 heteroatoms. The maximum atomic E-state index is 12.3. The van der Waals surface area contributed by atoms with E-state index in [2.05, 4.69) is 5.32 Å². The molecule has 0 aromatic heterocycles. The van der Waals surface area contributed by atoms with Crippen LogP contribution in [0.2, 0.25) is 0 Å². The molecular formula is C20H24N2O3S. The number of hydrogen-bond acceptors (Lipinski definition) is 4. The van der Waals surface area contributed by atoms with Crippen LogP contribution in [0.3, 0.4) is 0 Å². The highest BCUT2D eigenvalue weighted by Crippen LogP contribution is 2.22. The second kappa shape index (κ2) is 9.87. The van der Waals surface area contributed by atoms with Crippen LogP contribution < -0.4 is 10.1 Å². The minimum Gasteiger partial charge on any atom is -0.494 e. The van der Waals surface area contributed by atoms with Crippen LogP contribution in [0, 0.1) is 0 Å². The van der Waals surface area contributed by atoms with Crippen LogP contribution in [-0.2, 0) is 11.3 Å². The predicted molar refractivity (Wildman–Crippen MR) is 105 cm³/mol. The standard InChI is InChI=1S/C20H24N2O3S/c1-4-25-17-9-11-18(12-10-17)26-14-19(23)22(3)13-15-5-7-16(8-6-15)20(24)21-2/h5-12H,4,13-14H2,1-3H3,(H,21,24). The van der Waals surface area contributed by atoms with E-state index in [-0.39, 0.29) is 11.8 Å². The van der Waals surface area contributed by atoms with Gasteiger partial charge >= 0.3 is 0 Å². The van der Waals surface area contributed by atoms with Crippen molar-refractivity contribution in [3.05, 3.63) is 59.7 Å². The summed E-state index contributed by atoms with van der Waals surface area (Å²) in [5, 5.41) is 2.59. The quantitative estimate of drug-likeness (QED) is 0.723. The minimum absolute atomic E-state index is 0.0549. The van der Waals surface area contributed by atoms with Crippen LogP contribution in [0.1, 0.15) is 22.8 Å². The van der Waals surface area contributed by atoms with Crippen molar-refractivity contribution < 1.29 is 14.3 Å². The molecule has 26 heavy (non-hydrogen) atoms. The van der Waals surface area contributed by atoms with Gasteiger partial charge < -0.3 is 15.0 Å². The number of thioether (sulfide) groups is 1. The zero-order valence-electron chi connectivity index (χ0n) is 15.3. The van der Waals surface area contributed by atoms with E-state index in [1.54, 1.807) is 31.1 Å². The summed E-state index contributed by atoms with van der Waals surface area (Å²) in [7, 11) is 3.39. The van der Waals surface area contributed by atoms with Crippen LogP contribution >= 0.6 is 11.8 Å². The van der Waals surface area contributed by atoms with Crippen molar-refractivity contribution in [3.8, 4) is 5.75 Å². The molecule has 0 bridgehead atoms. The predicted octanol–water partition coefficient (Wildman–Crippen LogP) is 3.20. The molecule has 2 aromatic rings. The monoisotopic (exact) mass is 372 g/mol. The Hall–Kier alpha value is -2.47. The fraction of sp³-hybridized carbons (Fsp3) is 0.300. The summed E-state index contributed by atoms with van der Waals surface area (Å²) in [5.74, 6) is 1.15. The molecule has 2 aromatic carbocycles. The highest BCUT2D eigenvalue weighted by Gasteiger charge is 2.11. The lowest BCUT2D eigenvalue weighted by atomic mass is 10.1. The summed E-state index contributed by atoms with van der Waals surface area (Å²) in [4.78, 5) is 26.6. The van der Waals surface area contributed by atoms with Gasteiger partial charge in [-0.1, -0.05) is 12.1 Å². The average Bonchev–Trinajstić information content (AvgIpc) is 2.67. The van der Waals surface area contributed by atoms with Gasteiger partial charge in [0.25, 0.3) is 5.91 Å². The average molecular weight is 372 g/mol. The number of benzene rings is 2. The lowest BCUT2D eigenvalue weighted by molar-refractivity contribution is -0.127. The molecule has 0 aliphatic carbocycles. The van der Waals surface area contributed by atoms with E-state index < -0.39 is 0 Å². The molecule has 2 amide bonds. The summed E-state index contributed by atoms with van der Waals surface area (Å²) >= 11 is 1.50. The van der Waals surface area contributed by atoms with E-state index in [0.717, 1.165) is 16.2 Å². The summed E-state index contributed by atoms with van der Waals surface area (Å²) in [6, 6.07) is 15.0. The van der Waals surface area contributed by atoms with Crippen LogP contribution in [0.15, 0.2) is 53.4 Å². The summed E-state index contributed by atoms with van der Waals surface area (Å²) in [6.45, 7) is 3.10. The van der Waals surface area contributed by atoms with E-state index in [9.17, 15) is 9.59 Å². The first kappa shape index (κ1) is 19.8. The van der Waals surface area contributed by atoms with Gasteiger partial charge in [-0.05, 0) is 48.9 Å². The largest absolute Gasteiger partial charge is 0.494 e. The summed E-state index contributed by atoms with van der Waals surface area (Å²) in [6.07, 6.45) is 0. The highest BCUT2D eigenvalue weighted by molar-refractivity contribution is 8.00. The van der Waals surface area contributed by atoms with E-state index in [0.29, 0.717) is 24.5 Å². The third-order valence-corrected chi connectivity index (χ3v) is 4.78. The lowest BCUT2D eigenvalue weighted by Gasteiger charge is -2.17. The molecule has 0 fully saturated rings. The maximum absolute atomic E-state index is 12.3. The second-order valence-electron chi connectivity index (χ2n) is 5.72. The first-order chi connectivity index (χ1) is 12.5. The van der Waals surface area contributed by atoms with Crippen molar-refractivity contribution in [2.24, 2.45) is 0 Å². The Morgan fingerprint density at radius 1 is 1.08 bits per heavy atom. The molecule has 0 radical (unpaired) electrons. The number of hydrogen-bond donors (Lipinski definition) is 1. The molecule has 1 N–H and O–H groups in total. The Labute approximate surface area is 158 Å². The number of ether oxygens (including phenoxy) is 1. The summed E-state index contributed by atoms with van der Waals surface area (Å²) in [5.41, 5.74) is 1.59. The molecule has 5 nitrogen and oxygen atoms in total. The molecule has 0 aliphatic rings. The number of rotatable bonds is 8. The lowest BCUT2D eigenvalue weighted by Crippen LogP contribution is -2.27. The van der Waals surface area contributed by atoms with Crippen LogP contribution in [-0.4, -0.2) is 43.2 Å². The summed E-state index contributed by atoms with van der Waals surface area (Å²) < 4.78 is 5.41. The Morgan fingerprint density at radius 3 is 2.31 bits per heavy atom. The number of carbonyl (C=O) groups is 2. The van der Waals surface area contributed by atoms with Gasteiger partial charge in [0.05, 0.1) is 12.4 Å². The number of nitrogens with zero attached hydrogens (tertiary/aromatic N) is 1. The number of carbonyl (C=O) groups excluding carboxylic acids is 2. The second-order valence-corrected chi connectivity index (χ2v) is 6.77. The molecule has 138 valence electrons. The highest BCUT2D eigenvalue weighted by atomic mass is 32.2. The molecule has 0 spiro atoms. The smallest absolute Gasteiger partial charge is 0.251 e. The Balaban J connectivity index is 1.84. The van der Waals surface area contributed by atoms with Gasteiger partial charge in [0.15, 0.2) is 0 Å². The molecule has 0 saturated carbocycles. The Kier molecular flexibility index (Phi) is 7.53. The zero-order chi connectivity index (χ0) is 18.9. The van der Waals surface area contributed by atoms with Crippen molar-refractivity contribution in [2.45, 2.75) is 18.4 Å². The Morgan fingerprint density at radius 2 is 1.73 bits per heavy atom. The van der Waals surface area contributed by atoms with Gasteiger partial charge in [-0.15, -0.1) is 11.8 Å². The van der Waals surface area contributed by atoms with Gasteiger partial charge in [0.1, 0.15) is 5.75 Å².